The summed E-state index contributed by atoms with van der Waals surface area (Å²) in [6, 6.07) is 3.67. The number of hydrogen-bond acceptors (Lipinski definition) is 5. The molecule has 2 aliphatic rings. The van der Waals surface area contributed by atoms with Gasteiger partial charge in [-0.15, -0.1) is 0 Å². The molecule has 2 amide bonds. The Balaban J connectivity index is 1.63. The molecule has 0 unspecified atom stereocenters. The van der Waals surface area contributed by atoms with Gasteiger partial charge in [-0.3, -0.25) is 5.32 Å². The zero-order chi connectivity index (χ0) is 21.8. The highest BCUT2D eigenvalue weighted by atomic mass is 16.5. The van der Waals surface area contributed by atoms with Gasteiger partial charge in [-0.05, 0) is 56.2 Å². The van der Waals surface area contributed by atoms with Crippen LogP contribution in [-0.4, -0.2) is 58.4 Å². The molecular weight excluding hydrogens is 394 g/mol. The first-order valence-corrected chi connectivity index (χ1v) is 10.6. The molecule has 0 spiro atoms. The van der Waals surface area contributed by atoms with Crippen molar-refractivity contribution in [2.24, 2.45) is 0 Å². The van der Waals surface area contributed by atoms with Crippen molar-refractivity contribution < 1.29 is 14.6 Å². The average Bonchev–Trinajstić information content (AvgIpc) is 3.21. The standard InChI is InChI=1S/C23H29N5O3/c1-23(30)10-14-28(15-11-23)22(29)27-21-25-19-17(8-9-18(31-2)20(19)26-21)16-6-3-4-12-24-13-5-7-16/h3-4,6-9,12,24,30H,5,10-11,13-15H2,1-2H3,(H2,25,26,27,29)/b6-3?,12-4+,16-7?. The van der Waals surface area contributed by atoms with Gasteiger partial charge < -0.3 is 25.0 Å². The third kappa shape index (κ3) is 4.74. The Morgan fingerprint density at radius 2 is 2.10 bits per heavy atom. The van der Waals surface area contributed by atoms with E-state index in [2.05, 4.69) is 32.8 Å². The van der Waals surface area contributed by atoms with Crippen LogP contribution in [0.25, 0.3) is 16.6 Å². The molecule has 0 radical (unpaired) electrons. The normalized spacial score (nSPS) is 19.6. The highest BCUT2D eigenvalue weighted by Gasteiger charge is 2.30. The van der Waals surface area contributed by atoms with Gasteiger partial charge in [0.25, 0.3) is 0 Å². The van der Waals surface area contributed by atoms with Gasteiger partial charge in [0.15, 0.2) is 0 Å². The molecule has 1 aromatic carbocycles. The predicted molar refractivity (Wildman–Crippen MR) is 122 cm³/mol. The van der Waals surface area contributed by atoms with E-state index in [1.165, 1.54) is 0 Å². The van der Waals surface area contributed by atoms with Crippen molar-refractivity contribution in [2.45, 2.75) is 31.8 Å². The van der Waals surface area contributed by atoms with Crippen LogP contribution in [0, 0.1) is 0 Å². The maximum Gasteiger partial charge on any atom is 0.324 e. The number of H-pyrrole nitrogens is 1. The number of benzene rings is 1. The summed E-state index contributed by atoms with van der Waals surface area (Å²) in [5, 5.41) is 16.2. The molecule has 0 aliphatic carbocycles. The summed E-state index contributed by atoms with van der Waals surface area (Å²) in [6.07, 6.45) is 12.1. The molecule has 31 heavy (non-hydrogen) atoms. The number of ether oxygens (including phenoxy) is 1. The lowest BCUT2D eigenvalue weighted by molar-refractivity contribution is 0.00569. The second-order valence-corrected chi connectivity index (χ2v) is 8.16. The van der Waals surface area contributed by atoms with E-state index in [-0.39, 0.29) is 6.03 Å². The number of carbonyl (C=O) groups excluding carboxylic acids is 1. The summed E-state index contributed by atoms with van der Waals surface area (Å²) in [4.78, 5) is 22.3. The first-order valence-electron chi connectivity index (χ1n) is 10.6. The average molecular weight is 424 g/mol. The van der Waals surface area contributed by atoms with Gasteiger partial charge in [-0.1, -0.05) is 18.2 Å². The number of fused-ring (bicyclic) bond motifs is 1. The molecule has 2 aliphatic heterocycles. The number of anilines is 1. The van der Waals surface area contributed by atoms with Crippen molar-refractivity contribution in [1.82, 2.24) is 20.2 Å². The fourth-order valence-electron chi connectivity index (χ4n) is 3.85. The number of aromatic amines is 1. The van der Waals surface area contributed by atoms with E-state index >= 15 is 0 Å². The van der Waals surface area contributed by atoms with Crippen LogP contribution >= 0.6 is 0 Å². The first kappa shape index (κ1) is 21.0. The van der Waals surface area contributed by atoms with Crippen LogP contribution in [0.1, 0.15) is 31.7 Å². The smallest absolute Gasteiger partial charge is 0.324 e. The van der Waals surface area contributed by atoms with Gasteiger partial charge in [0.1, 0.15) is 16.8 Å². The first-order chi connectivity index (χ1) is 15.0. The number of urea groups is 1. The monoisotopic (exact) mass is 423 g/mol. The van der Waals surface area contributed by atoms with Crippen molar-refractivity contribution in [3.05, 3.63) is 48.2 Å². The number of aliphatic hydroxyl groups is 1. The number of hydrogen-bond donors (Lipinski definition) is 4. The Kier molecular flexibility index (Phi) is 5.99. The number of nitrogens with zero attached hydrogens (tertiary/aromatic N) is 2. The molecule has 164 valence electrons. The van der Waals surface area contributed by atoms with Crippen molar-refractivity contribution in [3.63, 3.8) is 0 Å². The lowest BCUT2D eigenvalue weighted by Crippen LogP contribution is -2.46. The highest BCUT2D eigenvalue weighted by Crippen LogP contribution is 2.32. The summed E-state index contributed by atoms with van der Waals surface area (Å²) in [5.41, 5.74) is 2.79. The number of methoxy groups -OCH3 is 1. The molecule has 4 N–H and O–H groups in total. The molecule has 4 rings (SSSR count). The minimum Gasteiger partial charge on any atom is -0.494 e. The van der Waals surface area contributed by atoms with Gasteiger partial charge in [-0.2, -0.15) is 0 Å². The topological polar surface area (TPSA) is 103 Å². The third-order valence-electron chi connectivity index (χ3n) is 5.74. The van der Waals surface area contributed by atoms with E-state index in [1.54, 1.807) is 12.0 Å². The number of imidazole rings is 1. The Morgan fingerprint density at radius 3 is 2.87 bits per heavy atom. The van der Waals surface area contributed by atoms with E-state index in [4.69, 9.17) is 4.74 Å². The molecule has 1 aromatic heterocycles. The van der Waals surface area contributed by atoms with Crippen LogP contribution in [0.2, 0.25) is 0 Å². The second-order valence-electron chi connectivity index (χ2n) is 8.16. The van der Waals surface area contributed by atoms with Crippen LogP contribution in [0.5, 0.6) is 5.75 Å². The SMILES string of the molecule is COc1ccc(C2=CCCN/C=C/C=C2)c2nc(NC(=O)N3CCC(C)(O)CC3)[nH]c12. The fourth-order valence-corrected chi connectivity index (χ4v) is 3.85. The second kappa shape index (κ2) is 8.85. The largest absolute Gasteiger partial charge is 0.494 e. The number of piperidine rings is 1. The van der Waals surface area contributed by atoms with Crippen LogP contribution in [-0.2, 0) is 0 Å². The van der Waals surface area contributed by atoms with Crippen molar-refractivity contribution in [1.29, 1.82) is 0 Å². The van der Waals surface area contributed by atoms with Gasteiger partial charge in [0, 0.05) is 25.2 Å². The maximum atomic E-state index is 12.7. The lowest BCUT2D eigenvalue weighted by atomic mass is 9.94. The molecule has 2 aromatic rings. The lowest BCUT2D eigenvalue weighted by Gasteiger charge is -2.35. The third-order valence-corrected chi connectivity index (χ3v) is 5.74. The summed E-state index contributed by atoms with van der Waals surface area (Å²) in [7, 11) is 1.61. The van der Waals surface area contributed by atoms with Crippen LogP contribution in [0.4, 0.5) is 10.7 Å². The van der Waals surface area contributed by atoms with Gasteiger partial charge in [0.05, 0.1) is 12.7 Å². The number of carbonyl (C=O) groups is 1. The molecular formula is C23H29N5O3. The summed E-state index contributed by atoms with van der Waals surface area (Å²) in [5.74, 6) is 1.03. The zero-order valence-electron chi connectivity index (χ0n) is 17.9. The zero-order valence-corrected chi connectivity index (χ0v) is 17.9. The quantitative estimate of drug-likeness (QED) is 0.606. The molecule has 8 heteroatoms. The number of nitrogens with one attached hydrogen (secondary N) is 3. The van der Waals surface area contributed by atoms with E-state index < -0.39 is 5.60 Å². The molecule has 0 atom stereocenters. The summed E-state index contributed by atoms with van der Waals surface area (Å²) in [6.45, 7) is 3.67. The Hall–Kier alpha value is -3.26. The van der Waals surface area contributed by atoms with Gasteiger partial charge in [-0.25, -0.2) is 9.78 Å². The van der Waals surface area contributed by atoms with E-state index in [1.807, 2.05) is 37.4 Å². The fraction of sp³-hybridized carbons (Fsp3) is 0.391. The minimum absolute atomic E-state index is 0.229. The Morgan fingerprint density at radius 1 is 1.29 bits per heavy atom. The number of likely N-dealkylation sites (tertiary alicyclic amines) is 1. The van der Waals surface area contributed by atoms with Crippen molar-refractivity contribution >= 4 is 28.6 Å². The van der Waals surface area contributed by atoms with Crippen LogP contribution in [0.3, 0.4) is 0 Å². The maximum absolute atomic E-state index is 12.7. The van der Waals surface area contributed by atoms with E-state index in [0.29, 0.717) is 37.6 Å². The number of amides is 2. The number of allylic oxidation sites excluding steroid dienone is 4. The number of rotatable bonds is 3. The van der Waals surface area contributed by atoms with Gasteiger partial charge >= 0.3 is 6.03 Å². The highest BCUT2D eigenvalue weighted by molar-refractivity contribution is 5.98. The van der Waals surface area contributed by atoms with Crippen LogP contribution < -0.4 is 15.4 Å². The molecule has 0 saturated carbocycles. The van der Waals surface area contributed by atoms with Crippen molar-refractivity contribution in [3.8, 4) is 5.75 Å². The molecule has 3 heterocycles. The summed E-state index contributed by atoms with van der Waals surface area (Å²) >= 11 is 0. The Labute approximate surface area is 181 Å². The minimum atomic E-state index is -0.708. The predicted octanol–water partition coefficient (Wildman–Crippen LogP) is 3.40. The van der Waals surface area contributed by atoms with E-state index in [0.717, 1.165) is 35.1 Å². The van der Waals surface area contributed by atoms with E-state index in [9.17, 15) is 9.90 Å². The molecule has 0 bridgehead atoms. The molecule has 1 fully saturated rings. The van der Waals surface area contributed by atoms with Crippen LogP contribution in [0.15, 0.2) is 42.6 Å². The van der Waals surface area contributed by atoms with Crippen molar-refractivity contribution in [2.75, 3.05) is 32.1 Å². The number of aromatic nitrogens is 2. The molecule has 1 saturated heterocycles. The Bertz CT molecular complexity index is 1040. The summed E-state index contributed by atoms with van der Waals surface area (Å²) < 4.78 is 5.51. The van der Waals surface area contributed by atoms with Gasteiger partial charge in [0.2, 0.25) is 5.95 Å². The molecule has 8 nitrogen and oxygen atoms in total.